The highest BCUT2D eigenvalue weighted by atomic mass is 19.1. The maximum Gasteiger partial charge on any atom is 0.252 e. The number of benzene rings is 2. The molecule has 7 heteroatoms. The van der Waals surface area contributed by atoms with Crippen LogP contribution >= 0.6 is 0 Å². The van der Waals surface area contributed by atoms with Crippen LogP contribution in [-0.2, 0) is 6.42 Å². The van der Waals surface area contributed by atoms with Crippen molar-refractivity contribution < 1.29 is 9.18 Å². The molecule has 2 aromatic carbocycles. The Morgan fingerprint density at radius 2 is 1.77 bits per heavy atom. The zero-order valence-corrected chi connectivity index (χ0v) is 20.0. The van der Waals surface area contributed by atoms with Gasteiger partial charge in [0, 0.05) is 49.6 Å². The van der Waals surface area contributed by atoms with E-state index >= 15 is 0 Å². The molecule has 2 unspecified atom stereocenters. The summed E-state index contributed by atoms with van der Waals surface area (Å²) in [4.78, 5) is 19.4. The van der Waals surface area contributed by atoms with Crippen molar-refractivity contribution >= 4 is 17.4 Å². The molecule has 2 aliphatic heterocycles. The van der Waals surface area contributed by atoms with E-state index < -0.39 is 0 Å². The molecule has 5 rings (SSSR count). The summed E-state index contributed by atoms with van der Waals surface area (Å²) in [5.41, 5.74) is 3.97. The minimum atomic E-state index is -0.256. The third-order valence-electron chi connectivity index (χ3n) is 6.98. The Kier molecular flexibility index (Phi) is 6.95. The van der Waals surface area contributed by atoms with E-state index in [0.717, 1.165) is 25.1 Å². The van der Waals surface area contributed by atoms with Gasteiger partial charge in [-0.3, -0.25) is 4.79 Å². The number of nitrogens with zero attached hydrogens (tertiary/aromatic N) is 2. The molecule has 6 nitrogen and oxygen atoms in total. The van der Waals surface area contributed by atoms with Gasteiger partial charge in [-0.15, -0.1) is 0 Å². The Morgan fingerprint density at radius 1 is 1.06 bits per heavy atom. The third-order valence-corrected chi connectivity index (χ3v) is 6.98. The number of halogens is 1. The first-order chi connectivity index (χ1) is 17.0. The van der Waals surface area contributed by atoms with Gasteiger partial charge >= 0.3 is 0 Å². The molecular formula is C28H32FN5O. The number of nitrogens with one attached hydrogen (secondary N) is 3. The Morgan fingerprint density at radius 3 is 2.43 bits per heavy atom. The summed E-state index contributed by atoms with van der Waals surface area (Å²) in [5, 5.41) is 9.93. The van der Waals surface area contributed by atoms with Gasteiger partial charge < -0.3 is 20.9 Å². The van der Waals surface area contributed by atoms with Crippen LogP contribution < -0.4 is 20.9 Å². The topological polar surface area (TPSA) is 69.3 Å². The van der Waals surface area contributed by atoms with Gasteiger partial charge in [-0.05, 0) is 73.7 Å². The van der Waals surface area contributed by atoms with E-state index in [0.29, 0.717) is 30.0 Å². The highest BCUT2D eigenvalue weighted by Crippen LogP contribution is 2.25. The van der Waals surface area contributed by atoms with Gasteiger partial charge in [0.15, 0.2) is 0 Å². The van der Waals surface area contributed by atoms with Crippen LogP contribution in [0.2, 0.25) is 0 Å². The normalized spacial score (nSPS) is 19.9. The molecule has 3 aromatic rings. The van der Waals surface area contributed by atoms with Gasteiger partial charge in [-0.25, -0.2) is 9.37 Å². The number of hydrogen-bond acceptors (Lipinski definition) is 5. The summed E-state index contributed by atoms with van der Waals surface area (Å²) in [7, 11) is 0. The first kappa shape index (κ1) is 23.3. The molecule has 2 fully saturated rings. The molecule has 0 saturated carbocycles. The number of fused-ring (bicyclic) bond motifs is 2. The van der Waals surface area contributed by atoms with Crippen LogP contribution in [0.3, 0.4) is 0 Å². The molecule has 2 bridgehead atoms. The van der Waals surface area contributed by atoms with Gasteiger partial charge in [-0.1, -0.05) is 24.3 Å². The number of carbonyl (C=O) groups is 1. The SMILES string of the molecule is C[C@H](Nc1ccc(C(=O)NCCc2ccc(N3CC4CCC(C3)N4)cc2)cn1)c1ccc(F)cc1. The number of pyridine rings is 1. The van der Waals surface area contributed by atoms with E-state index in [1.54, 1.807) is 30.5 Å². The molecule has 0 aliphatic carbocycles. The molecule has 35 heavy (non-hydrogen) atoms. The molecule has 3 heterocycles. The zero-order chi connectivity index (χ0) is 24.2. The fraction of sp³-hybridized carbons (Fsp3) is 0.357. The second-order valence-electron chi connectivity index (χ2n) is 9.56. The van der Waals surface area contributed by atoms with Crippen molar-refractivity contribution in [1.82, 2.24) is 15.6 Å². The van der Waals surface area contributed by atoms with E-state index in [2.05, 4.69) is 50.1 Å². The third kappa shape index (κ3) is 5.80. The lowest BCUT2D eigenvalue weighted by atomic mass is 10.1. The minimum absolute atomic E-state index is 0.0316. The number of piperazine rings is 1. The largest absolute Gasteiger partial charge is 0.368 e. The van der Waals surface area contributed by atoms with E-state index in [9.17, 15) is 9.18 Å². The first-order valence-corrected chi connectivity index (χ1v) is 12.4. The van der Waals surface area contributed by atoms with Gasteiger partial charge in [0.1, 0.15) is 11.6 Å². The fourth-order valence-corrected chi connectivity index (χ4v) is 4.97. The lowest BCUT2D eigenvalue weighted by molar-refractivity contribution is 0.0954. The monoisotopic (exact) mass is 473 g/mol. The van der Waals surface area contributed by atoms with Crippen LogP contribution in [0, 0.1) is 5.82 Å². The van der Waals surface area contributed by atoms with Crippen LogP contribution in [0.1, 0.15) is 47.3 Å². The summed E-state index contributed by atoms with van der Waals surface area (Å²) in [6.07, 6.45) is 4.91. The second kappa shape index (κ2) is 10.4. The molecule has 3 N–H and O–H groups in total. The van der Waals surface area contributed by atoms with Crippen molar-refractivity contribution in [2.75, 3.05) is 29.9 Å². The number of carbonyl (C=O) groups excluding carboxylic acids is 1. The Labute approximate surface area is 206 Å². The number of anilines is 2. The minimum Gasteiger partial charge on any atom is -0.368 e. The molecule has 1 amide bonds. The van der Waals surface area contributed by atoms with Crippen molar-refractivity contribution in [3.05, 3.63) is 89.4 Å². The van der Waals surface area contributed by atoms with Crippen LogP contribution in [0.5, 0.6) is 0 Å². The van der Waals surface area contributed by atoms with Gasteiger partial charge in [0.2, 0.25) is 0 Å². The molecule has 0 spiro atoms. The lowest BCUT2D eigenvalue weighted by Crippen LogP contribution is -2.51. The predicted molar refractivity (Wildman–Crippen MR) is 137 cm³/mol. The number of aromatic nitrogens is 1. The van der Waals surface area contributed by atoms with Gasteiger partial charge in [0.25, 0.3) is 5.91 Å². The fourth-order valence-electron chi connectivity index (χ4n) is 4.97. The average Bonchev–Trinajstić information content (AvgIpc) is 3.22. The van der Waals surface area contributed by atoms with Crippen LogP contribution in [0.15, 0.2) is 66.9 Å². The zero-order valence-electron chi connectivity index (χ0n) is 20.0. The van der Waals surface area contributed by atoms with E-state index in [1.165, 1.54) is 36.2 Å². The van der Waals surface area contributed by atoms with Crippen molar-refractivity contribution in [1.29, 1.82) is 0 Å². The molecule has 2 aliphatic rings. The second-order valence-corrected chi connectivity index (χ2v) is 9.56. The average molecular weight is 474 g/mol. The Balaban J connectivity index is 1.08. The van der Waals surface area contributed by atoms with Crippen molar-refractivity contribution in [3.63, 3.8) is 0 Å². The Hall–Kier alpha value is -3.45. The summed E-state index contributed by atoms with van der Waals surface area (Å²) >= 11 is 0. The highest BCUT2D eigenvalue weighted by Gasteiger charge is 2.32. The maximum atomic E-state index is 13.1. The smallest absolute Gasteiger partial charge is 0.252 e. The number of rotatable bonds is 8. The summed E-state index contributed by atoms with van der Waals surface area (Å²) < 4.78 is 13.1. The molecule has 182 valence electrons. The van der Waals surface area contributed by atoms with Gasteiger partial charge in [-0.2, -0.15) is 0 Å². The summed E-state index contributed by atoms with van der Waals surface area (Å²) in [6.45, 7) is 4.71. The standard InChI is InChI=1S/C28H32FN5O/c1-19(21-4-7-23(29)8-5-21)32-27-13-6-22(16-31-27)28(35)30-15-14-20-2-11-26(12-3-20)34-17-24-9-10-25(18-34)33-24/h2-8,11-13,16,19,24-25,33H,9-10,14-15,17-18H2,1H3,(H,30,35)(H,31,32)/t19-,24?,25?/m0/s1. The van der Waals surface area contributed by atoms with Crippen molar-refractivity contribution in [2.45, 2.75) is 44.3 Å². The van der Waals surface area contributed by atoms with Crippen LogP contribution in [0.4, 0.5) is 15.9 Å². The molecule has 2 saturated heterocycles. The molecule has 3 atom stereocenters. The summed E-state index contributed by atoms with van der Waals surface area (Å²) in [6, 6.07) is 19.9. The van der Waals surface area contributed by atoms with Crippen molar-refractivity contribution in [2.24, 2.45) is 0 Å². The number of amides is 1. The highest BCUT2D eigenvalue weighted by molar-refractivity contribution is 5.94. The number of hydrogen-bond donors (Lipinski definition) is 3. The van der Waals surface area contributed by atoms with E-state index in [4.69, 9.17) is 0 Å². The van der Waals surface area contributed by atoms with Crippen molar-refractivity contribution in [3.8, 4) is 0 Å². The van der Waals surface area contributed by atoms with E-state index in [1.807, 2.05) is 6.92 Å². The summed E-state index contributed by atoms with van der Waals surface area (Å²) in [5.74, 6) is 0.271. The van der Waals surface area contributed by atoms with E-state index in [-0.39, 0.29) is 17.8 Å². The molecule has 1 aromatic heterocycles. The Bertz CT molecular complexity index is 1120. The lowest BCUT2D eigenvalue weighted by Gasteiger charge is -2.34. The van der Waals surface area contributed by atoms with Gasteiger partial charge in [0.05, 0.1) is 5.56 Å². The van der Waals surface area contributed by atoms with Crippen LogP contribution in [-0.4, -0.2) is 42.6 Å². The van der Waals surface area contributed by atoms with Crippen LogP contribution in [0.25, 0.3) is 0 Å². The first-order valence-electron chi connectivity index (χ1n) is 12.4. The molecular weight excluding hydrogens is 441 g/mol. The molecule has 0 radical (unpaired) electrons. The predicted octanol–water partition coefficient (Wildman–Crippen LogP) is 4.31. The quantitative estimate of drug-likeness (QED) is 0.455. The maximum absolute atomic E-state index is 13.1.